The number of likely N-dealkylation sites (tertiary alicyclic amines) is 1. The summed E-state index contributed by atoms with van der Waals surface area (Å²) in [6.45, 7) is 2.44. The topological polar surface area (TPSA) is 15.3 Å². The van der Waals surface area contributed by atoms with Crippen LogP contribution in [0.2, 0.25) is 0 Å². The Morgan fingerprint density at radius 1 is 1.35 bits per heavy atom. The van der Waals surface area contributed by atoms with E-state index in [2.05, 4.69) is 10.2 Å². The van der Waals surface area contributed by atoms with Crippen LogP contribution in [-0.4, -0.2) is 31.1 Å². The molecule has 1 aliphatic rings. The standard InChI is InChI=1S/C14H19F3N2.ClH/c1-18-9-13-6-3-7-19(13)10-11-4-2-5-12(8-11)14(15,16)17;/h2,4-5,8,13,18H,3,6-7,9-10H2,1H3;1H. The molecule has 0 amide bonds. The highest BCUT2D eigenvalue weighted by molar-refractivity contribution is 5.85. The fraction of sp³-hybridized carbons (Fsp3) is 0.571. The monoisotopic (exact) mass is 308 g/mol. The van der Waals surface area contributed by atoms with Crippen molar-refractivity contribution in [2.45, 2.75) is 31.6 Å². The maximum atomic E-state index is 12.7. The zero-order valence-corrected chi connectivity index (χ0v) is 12.2. The van der Waals surface area contributed by atoms with Crippen LogP contribution in [0.5, 0.6) is 0 Å². The Bertz CT molecular complexity index is 423. The first-order valence-corrected chi connectivity index (χ1v) is 6.55. The van der Waals surface area contributed by atoms with Gasteiger partial charge < -0.3 is 5.32 Å². The molecule has 1 fully saturated rings. The zero-order chi connectivity index (χ0) is 13.9. The minimum Gasteiger partial charge on any atom is -0.318 e. The molecule has 1 atom stereocenters. The summed E-state index contributed by atoms with van der Waals surface area (Å²) in [5, 5.41) is 3.14. The van der Waals surface area contributed by atoms with Gasteiger partial charge in [-0.1, -0.05) is 18.2 Å². The largest absolute Gasteiger partial charge is 0.416 e. The quantitative estimate of drug-likeness (QED) is 0.918. The van der Waals surface area contributed by atoms with Gasteiger partial charge in [-0.15, -0.1) is 12.4 Å². The second-order valence-electron chi connectivity index (χ2n) is 5.02. The van der Waals surface area contributed by atoms with Crippen LogP contribution < -0.4 is 5.32 Å². The van der Waals surface area contributed by atoms with E-state index >= 15 is 0 Å². The van der Waals surface area contributed by atoms with E-state index < -0.39 is 11.7 Å². The molecule has 0 saturated carbocycles. The van der Waals surface area contributed by atoms with Crippen LogP contribution in [0.15, 0.2) is 24.3 Å². The lowest BCUT2D eigenvalue weighted by Gasteiger charge is -2.24. The summed E-state index contributed by atoms with van der Waals surface area (Å²) in [6, 6.07) is 6.07. The summed E-state index contributed by atoms with van der Waals surface area (Å²) in [4.78, 5) is 2.26. The van der Waals surface area contributed by atoms with E-state index in [1.54, 1.807) is 6.07 Å². The lowest BCUT2D eigenvalue weighted by molar-refractivity contribution is -0.137. The van der Waals surface area contributed by atoms with Crippen LogP contribution >= 0.6 is 12.4 Å². The first-order chi connectivity index (χ1) is 9.00. The van der Waals surface area contributed by atoms with Gasteiger partial charge in [-0.25, -0.2) is 0 Å². The number of hydrogen-bond donors (Lipinski definition) is 1. The Morgan fingerprint density at radius 3 is 2.75 bits per heavy atom. The first-order valence-electron chi connectivity index (χ1n) is 6.55. The van der Waals surface area contributed by atoms with E-state index in [-0.39, 0.29) is 12.4 Å². The number of benzene rings is 1. The van der Waals surface area contributed by atoms with E-state index in [1.165, 1.54) is 12.1 Å². The molecule has 0 bridgehead atoms. The van der Waals surface area contributed by atoms with Crippen molar-refractivity contribution in [3.63, 3.8) is 0 Å². The molecule has 0 radical (unpaired) electrons. The van der Waals surface area contributed by atoms with Gasteiger partial charge in [-0.05, 0) is 38.1 Å². The highest BCUT2D eigenvalue weighted by Crippen LogP contribution is 2.30. The number of likely N-dealkylation sites (N-methyl/N-ethyl adjacent to an activating group) is 1. The zero-order valence-electron chi connectivity index (χ0n) is 11.4. The van der Waals surface area contributed by atoms with Gasteiger partial charge in [0.2, 0.25) is 0 Å². The third kappa shape index (κ3) is 4.36. The molecular weight excluding hydrogens is 289 g/mol. The number of halogens is 4. The molecule has 0 aliphatic carbocycles. The van der Waals surface area contributed by atoms with E-state index in [0.29, 0.717) is 12.6 Å². The molecule has 2 rings (SSSR count). The second-order valence-corrected chi connectivity index (χ2v) is 5.02. The minimum atomic E-state index is -4.26. The fourth-order valence-electron chi connectivity index (χ4n) is 2.65. The first kappa shape index (κ1) is 17.3. The minimum absolute atomic E-state index is 0. The van der Waals surface area contributed by atoms with Crippen molar-refractivity contribution in [1.82, 2.24) is 10.2 Å². The molecular formula is C14H20ClF3N2. The summed E-state index contributed by atoms with van der Waals surface area (Å²) in [7, 11) is 1.90. The van der Waals surface area contributed by atoms with Crippen molar-refractivity contribution in [1.29, 1.82) is 0 Å². The van der Waals surface area contributed by atoms with Crippen LogP contribution in [0.4, 0.5) is 13.2 Å². The number of hydrogen-bond acceptors (Lipinski definition) is 2. The predicted molar refractivity (Wildman–Crippen MR) is 76.1 cm³/mol. The van der Waals surface area contributed by atoms with Gasteiger partial charge in [-0.3, -0.25) is 4.90 Å². The SMILES string of the molecule is CNCC1CCCN1Cc1cccc(C(F)(F)F)c1.Cl. The van der Waals surface area contributed by atoms with E-state index in [1.807, 2.05) is 7.05 Å². The normalized spacial score (nSPS) is 19.9. The van der Waals surface area contributed by atoms with Crippen molar-refractivity contribution in [3.8, 4) is 0 Å². The maximum absolute atomic E-state index is 12.7. The van der Waals surface area contributed by atoms with Crippen molar-refractivity contribution < 1.29 is 13.2 Å². The molecule has 0 aromatic heterocycles. The van der Waals surface area contributed by atoms with Crippen molar-refractivity contribution in [3.05, 3.63) is 35.4 Å². The molecule has 1 unspecified atom stereocenters. The van der Waals surface area contributed by atoms with E-state index in [4.69, 9.17) is 0 Å². The Hall–Kier alpha value is -0.780. The molecule has 1 heterocycles. The number of alkyl halides is 3. The molecule has 1 aromatic carbocycles. The van der Waals surface area contributed by atoms with E-state index in [0.717, 1.165) is 37.6 Å². The van der Waals surface area contributed by atoms with Crippen molar-refractivity contribution in [2.75, 3.05) is 20.1 Å². The van der Waals surface area contributed by atoms with Crippen LogP contribution in [-0.2, 0) is 12.7 Å². The highest BCUT2D eigenvalue weighted by atomic mass is 35.5. The summed E-state index contributed by atoms with van der Waals surface area (Å²) in [5.74, 6) is 0. The Kier molecular flexibility index (Phi) is 6.30. The third-order valence-electron chi connectivity index (χ3n) is 3.58. The molecule has 1 aliphatic heterocycles. The van der Waals surface area contributed by atoms with Crippen molar-refractivity contribution in [2.24, 2.45) is 0 Å². The average molecular weight is 309 g/mol. The molecule has 114 valence electrons. The van der Waals surface area contributed by atoms with Gasteiger partial charge in [0, 0.05) is 19.1 Å². The molecule has 0 spiro atoms. The predicted octanol–water partition coefficient (Wildman–Crippen LogP) is 3.31. The van der Waals surface area contributed by atoms with Gasteiger partial charge in [-0.2, -0.15) is 13.2 Å². The van der Waals surface area contributed by atoms with Gasteiger partial charge in [0.05, 0.1) is 5.56 Å². The summed E-state index contributed by atoms with van der Waals surface area (Å²) < 4.78 is 38.0. The lowest BCUT2D eigenvalue weighted by atomic mass is 10.1. The van der Waals surface area contributed by atoms with Gasteiger partial charge in [0.1, 0.15) is 0 Å². The highest BCUT2D eigenvalue weighted by Gasteiger charge is 2.31. The summed E-state index contributed by atoms with van der Waals surface area (Å²) in [6.07, 6.45) is -2.03. The second kappa shape index (κ2) is 7.29. The number of rotatable bonds is 4. The Morgan fingerprint density at radius 2 is 2.10 bits per heavy atom. The van der Waals surface area contributed by atoms with Crippen LogP contribution in [0, 0.1) is 0 Å². The summed E-state index contributed by atoms with van der Waals surface area (Å²) in [5.41, 5.74) is 0.173. The smallest absolute Gasteiger partial charge is 0.318 e. The van der Waals surface area contributed by atoms with Gasteiger partial charge in [0.25, 0.3) is 0 Å². The van der Waals surface area contributed by atoms with Crippen LogP contribution in [0.1, 0.15) is 24.0 Å². The molecule has 2 nitrogen and oxygen atoms in total. The maximum Gasteiger partial charge on any atom is 0.416 e. The lowest BCUT2D eigenvalue weighted by Crippen LogP contribution is -2.36. The molecule has 6 heteroatoms. The number of nitrogens with one attached hydrogen (secondary N) is 1. The summed E-state index contributed by atoms with van der Waals surface area (Å²) >= 11 is 0. The third-order valence-corrected chi connectivity index (χ3v) is 3.58. The van der Waals surface area contributed by atoms with E-state index in [9.17, 15) is 13.2 Å². The Labute approximate surface area is 123 Å². The van der Waals surface area contributed by atoms with Crippen LogP contribution in [0.25, 0.3) is 0 Å². The molecule has 1 aromatic rings. The molecule has 1 saturated heterocycles. The average Bonchev–Trinajstić information content (AvgIpc) is 2.77. The van der Waals surface area contributed by atoms with Gasteiger partial charge in [0.15, 0.2) is 0 Å². The van der Waals surface area contributed by atoms with Crippen LogP contribution in [0.3, 0.4) is 0 Å². The Balaban J connectivity index is 0.00000200. The molecule has 1 N–H and O–H groups in total. The van der Waals surface area contributed by atoms with Gasteiger partial charge >= 0.3 is 6.18 Å². The number of nitrogens with zero attached hydrogens (tertiary/aromatic N) is 1. The molecule has 20 heavy (non-hydrogen) atoms. The van der Waals surface area contributed by atoms with Crippen molar-refractivity contribution >= 4 is 12.4 Å². The fourth-order valence-corrected chi connectivity index (χ4v) is 2.65.